The lowest BCUT2D eigenvalue weighted by molar-refractivity contribution is -0.145. The Balaban J connectivity index is 0.0000111. The Hall–Kier alpha value is -4.92. The minimum atomic E-state index is -1.23. The molecule has 1 aliphatic carbocycles. The summed E-state index contributed by atoms with van der Waals surface area (Å²) in [6, 6.07) is -1.48. The molecule has 0 saturated heterocycles. The van der Waals surface area contributed by atoms with Crippen LogP contribution in [-0.2, 0) is 71.7 Å². The first-order valence-electron chi connectivity index (χ1n) is 30.8. The number of aliphatic hydroxyl groups excluding tert-OH is 1. The predicted molar refractivity (Wildman–Crippen MR) is 321 cm³/mol. The third-order valence-corrected chi connectivity index (χ3v) is 15.5. The number of ketones is 4. The summed E-state index contributed by atoms with van der Waals surface area (Å²) in [5.41, 5.74) is 5.09. The van der Waals surface area contributed by atoms with Gasteiger partial charge in [0, 0.05) is 82.4 Å². The number of rotatable bonds is 55. The second-order valence-electron chi connectivity index (χ2n) is 21.8. The van der Waals surface area contributed by atoms with Crippen molar-refractivity contribution >= 4 is 76.4 Å². The van der Waals surface area contributed by atoms with E-state index in [2.05, 4.69) is 21.3 Å². The van der Waals surface area contributed by atoms with Gasteiger partial charge in [-0.15, -0.1) is 0 Å². The van der Waals surface area contributed by atoms with Crippen LogP contribution in [0.5, 0.6) is 0 Å². The van der Waals surface area contributed by atoms with E-state index in [-0.39, 0.29) is 157 Å². The molecule has 10 N–H and O–H groups in total. The number of aliphatic hydroxyl groups is 1. The van der Waals surface area contributed by atoms with Gasteiger partial charge in [-0.05, 0) is 84.0 Å². The molecule has 0 unspecified atom stereocenters. The lowest BCUT2D eigenvalue weighted by Crippen LogP contribution is -2.45. The molecule has 0 aromatic carbocycles. The first-order chi connectivity index (χ1) is 40.7. The fourth-order valence-electron chi connectivity index (χ4n) is 8.85. The molecule has 0 aromatic heterocycles. The van der Waals surface area contributed by atoms with Crippen molar-refractivity contribution in [1.82, 2.24) is 21.3 Å². The number of carboxylic acid groups (broad SMARTS) is 3. The molecule has 0 spiro atoms. The second-order valence-corrected chi connectivity index (χ2v) is 22.8. The summed E-state index contributed by atoms with van der Waals surface area (Å²) in [5.74, 6) is -5.59. The molecule has 1 aliphatic rings. The quantitative estimate of drug-likeness (QED) is 0.0356. The van der Waals surface area contributed by atoms with Gasteiger partial charge in [0.05, 0.1) is 57.4 Å². The molecule has 4 atom stereocenters. The molecular formula is C60H105N5O19S. The molecule has 0 radical (unpaired) electrons. The first-order valence-corrected chi connectivity index (χ1v) is 31.9. The Morgan fingerprint density at radius 1 is 0.565 bits per heavy atom. The van der Waals surface area contributed by atoms with Crippen LogP contribution in [-0.4, -0.2) is 188 Å². The van der Waals surface area contributed by atoms with Crippen molar-refractivity contribution in [3.8, 4) is 0 Å². The number of thioether (sulfide) groups is 1. The van der Waals surface area contributed by atoms with Gasteiger partial charge >= 0.3 is 17.9 Å². The fourth-order valence-corrected chi connectivity index (χ4v) is 9.97. The molecule has 1 fully saturated rings. The normalized spacial score (nSPS) is 15.2. The largest absolute Gasteiger partial charge is 0.481 e. The standard InChI is InChI=1S/C56H96N4O18S.C4H9NO/c1-2-43(49(64)36-45(37-61)55(71)72)40-79-41-52(67)58-28-27-57-51(66)39-78-35-32-75-30-15-17-47(63)38-77-34-33-76-31-29-59-50(65)26-25-48(56(73)74)60-54(70)44-22-19-42(20-23-44)21-24-46(62)16-13-11-9-7-5-3-4-6-8-10-12-14-18-53(68)69;1-3(5)4(2)6/h42-45,48,61H,2-41H2,1H3,(H,57,66)(H,58,67)(H,59,65)(H,60,70)(H,68,69)(H,71,72)(H,73,74);3H,5H2,1-2H3/t42?,43-,44?,45-,48-;3-/m00/s1. The molecule has 0 aliphatic heterocycles. The molecule has 25 heteroatoms. The van der Waals surface area contributed by atoms with E-state index < -0.39 is 42.4 Å². The summed E-state index contributed by atoms with van der Waals surface area (Å²) >= 11 is 1.25. The van der Waals surface area contributed by atoms with Gasteiger partial charge in [-0.2, -0.15) is 11.8 Å². The van der Waals surface area contributed by atoms with Crippen LogP contribution in [0, 0.1) is 23.7 Å². The molecule has 24 nitrogen and oxygen atoms in total. The smallest absolute Gasteiger partial charge is 0.326 e. The van der Waals surface area contributed by atoms with E-state index >= 15 is 0 Å². The number of carboxylic acids is 3. The van der Waals surface area contributed by atoms with Gasteiger partial charge in [0.15, 0.2) is 5.78 Å². The van der Waals surface area contributed by atoms with Crippen molar-refractivity contribution in [3.63, 3.8) is 0 Å². The van der Waals surface area contributed by atoms with Crippen LogP contribution in [0.4, 0.5) is 0 Å². The van der Waals surface area contributed by atoms with Gasteiger partial charge in [-0.3, -0.25) is 47.9 Å². The molecule has 490 valence electrons. The summed E-state index contributed by atoms with van der Waals surface area (Å²) in [6.45, 7) is 5.82. The van der Waals surface area contributed by atoms with Crippen molar-refractivity contribution in [3.05, 3.63) is 0 Å². The van der Waals surface area contributed by atoms with Gasteiger partial charge in [-0.25, -0.2) is 4.79 Å². The highest BCUT2D eigenvalue weighted by Gasteiger charge is 2.30. The molecular weight excluding hydrogens is 1130 g/mol. The van der Waals surface area contributed by atoms with Crippen LogP contribution in [0.1, 0.15) is 188 Å². The number of unbranched alkanes of at least 4 members (excludes halogenated alkanes) is 11. The number of nitrogens with two attached hydrogens (primary N) is 1. The Labute approximate surface area is 507 Å². The number of hydrogen-bond acceptors (Lipinski definition) is 18. The fraction of sp³-hybridized carbons (Fsp3) is 0.817. The number of Topliss-reactive ketones (excluding diaryl/α,β-unsaturated/α-hetero) is 4. The van der Waals surface area contributed by atoms with E-state index in [1.54, 1.807) is 13.8 Å². The van der Waals surface area contributed by atoms with Gasteiger partial charge in [0.1, 0.15) is 36.6 Å². The summed E-state index contributed by atoms with van der Waals surface area (Å²) in [4.78, 5) is 130. The highest BCUT2D eigenvalue weighted by atomic mass is 32.2. The van der Waals surface area contributed by atoms with E-state index in [1.807, 2.05) is 0 Å². The van der Waals surface area contributed by atoms with E-state index in [0.717, 1.165) is 57.8 Å². The van der Waals surface area contributed by atoms with E-state index in [0.29, 0.717) is 62.6 Å². The molecule has 0 bridgehead atoms. The number of ether oxygens (including phenoxy) is 4. The number of aliphatic carboxylic acids is 3. The van der Waals surface area contributed by atoms with Crippen LogP contribution < -0.4 is 27.0 Å². The number of nitrogens with one attached hydrogen (secondary N) is 4. The van der Waals surface area contributed by atoms with Crippen LogP contribution in [0.15, 0.2) is 0 Å². The molecule has 1 rings (SSSR count). The minimum absolute atomic E-state index is 0.0370. The van der Waals surface area contributed by atoms with E-state index in [1.165, 1.54) is 57.2 Å². The maximum Gasteiger partial charge on any atom is 0.326 e. The van der Waals surface area contributed by atoms with E-state index in [9.17, 15) is 57.8 Å². The van der Waals surface area contributed by atoms with Crippen LogP contribution in [0.2, 0.25) is 0 Å². The van der Waals surface area contributed by atoms with Crippen LogP contribution in [0.25, 0.3) is 0 Å². The molecule has 1 saturated carbocycles. The van der Waals surface area contributed by atoms with Gasteiger partial charge in [0.2, 0.25) is 23.6 Å². The Morgan fingerprint density at radius 3 is 1.62 bits per heavy atom. The van der Waals surface area contributed by atoms with Crippen molar-refractivity contribution in [2.75, 3.05) is 90.6 Å². The summed E-state index contributed by atoms with van der Waals surface area (Å²) < 4.78 is 21.5. The maximum absolute atomic E-state index is 13.0. The topological polar surface area (TPSA) is 380 Å². The number of carbonyl (C=O) groups is 11. The lowest BCUT2D eigenvalue weighted by atomic mass is 9.79. The molecule has 0 heterocycles. The van der Waals surface area contributed by atoms with Crippen molar-refractivity contribution in [1.29, 1.82) is 0 Å². The zero-order chi connectivity index (χ0) is 63.5. The van der Waals surface area contributed by atoms with Gasteiger partial charge < -0.3 is 66.4 Å². The van der Waals surface area contributed by atoms with Crippen LogP contribution >= 0.6 is 11.8 Å². The van der Waals surface area contributed by atoms with Crippen molar-refractivity contribution in [2.45, 2.75) is 200 Å². The maximum atomic E-state index is 13.0. The predicted octanol–water partition coefficient (Wildman–Crippen LogP) is 5.14. The third kappa shape index (κ3) is 47.9. The number of amides is 4. The Bertz CT molecular complexity index is 1920. The van der Waals surface area contributed by atoms with E-state index in [4.69, 9.17) is 40.0 Å². The highest BCUT2D eigenvalue weighted by Crippen LogP contribution is 2.32. The average molecular weight is 1230 g/mol. The second kappa shape index (κ2) is 53.3. The third-order valence-electron chi connectivity index (χ3n) is 14.4. The summed E-state index contributed by atoms with van der Waals surface area (Å²) in [6.07, 6.45) is 19.2. The Kier molecular flexibility index (Phi) is 50.2. The van der Waals surface area contributed by atoms with Crippen molar-refractivity contribution < 1.29 is 92.1 Å². The SMILES string of the molecule is CC(=O)[C@H](C)N.CC[C@@H](CSCC(=O)NCCNC(=O)COCCOCCCC(=O)COCCOCCNC(=O)CC[C@H](NC(=O)C1CCC(CCC(=O)CCCCCCCCCCCCCCC(=O)O)CC1)C(=O)O)C(=O)C[C@@H](CO)C(=O)O. The zero-order valence-electron chi connectivity index (χ0n) is 51.1. The first kappa shape index (κ1) is 80.1. The number of hydrogen-bond donors (Lipinski definition) is 9. The monoisotopic (exact) mass is 1230 g/mol. The number of carbonyl (C=O) groups excluding carboxylic acids is 8. The van der Waals surface area contributed by atoms with Gasteiger partial charge in [-0.1, -0.05) is 71.1 Å². The van der Waals surface area contributed by atoms with Crippen molar-refractivity contribution in [2.24, 2.45) is 29.4 Å². The molecule has 0 aromatic rings. The lowest BCUT2D eigenvalue weighted by Gasteiger charge is -2.28. The zero-order valence-corrected chi connectivity index (χ0v) is 52.0. The highest BCUT2D eigenvalue weighted by molar-refractivity contribution is 7.99. The Morgan fingerprint density at radius 2 is 1.08 bits per heavy atom. The molecule has 85 heavy (non-hydrogen) atoms. The molecule has 4 amide bonds. The average Bonchev–Trinajstić information content (AvgIpc) is 3.62. The van der Waals surface area contributed by atoms with Gasteiger partial charge in [0.25, 0.3) is 0 Å². The van der Waals surface area contributed by atoms with Crippen LogP contribution in [0.3, 0.4) is 0 Å². The minimum Gasteiger partial charge on any atom is -0.481 e. The summed E-state index contributed by atoms with van der Waals surface area (Å²) in [7, 11) is 0. The summed E-state index contributed by atoms with van der Waals surface area (Å²) in [5, 5.41) is 47.2.